The highest BCUT2D eigenvalue weighted by Gasteiger charge is 2.23. The molecule has 2 nitrogen and oxygen atoms in total. The maximum Gasteiger partial charge on any atom is 0.0432 e. The number of nitrogens with zero attached hydrogens (tertiary/aromatic N) is 1. The first-order valence-corrected chi connectivity index (χ1v) is 5.51. The van der Waals surface area contributed by atoms with E-state index in [-0.39, 0.29) is 0 Å². The van der Waals surface area contributed by atoms with Crippen molar-refractivity contribution >= 4 is 11.4 Å². The first kappa shape index (κ1) is 8.16. The summed E-state index contributed by atoms with van der Waals surface area (Å²) in [6.45, 7) is 2.48. The zero-order valence-corrected chi connectivity index (χ0v) is 8.42. The van der Waals surface area contributed by atoms with Crippen LogP contribution in [0.25, 0.3) is 0 Å². The van der Waals surface area contributed by atoms with Gasteiger partial charge in [0.25, 0.3) is 0 Å². The molecule has 2 aliphatic rings. The van der Waals surface area contributed by atoms with Crippen LogP contribution in [0.15, 0.2) is 12.1 Å². The maximum atomic E-state index is 5.91. The van der Waals surface area contributed by atoms with E-state index >= 15 is 0 Å². The number of benzene rings is 1. The van der Waals surface area contributed by atoms with E-state index in [9.17, 15) is 0 Å². The van der Waals surface area contributed by atoms with E-state index in [1.165, 1.54) is 55.6 Å². The van der Waals surface area contributed by atoms with Crippen molar-refractivity contribution in [2.75, 3.05) is 23.7 Å². The van der Waals surface area contributed by atoms with Gasteiger partial charge in [0, 0.05) is 24.5 Å². The van der Waals surface area contributed by atoms with Crippen LogP contribution in [0.5, 0.6) is 0 Å². The van der Waals surface area contributed by atoms with Crippen molar-refractivity contribution in [1.29, 1.82) is 0 Å². The van der Waals surface area contributed by atoms with Crippen molar-refractivity contribution in [1.82, 2.24) is 0 Å². The second kappa shape index (κ2) is 2.91. The van der Waals surface area contributed by atoms with Gasteiger partial charge < -0.3 is 10.6 Å². The van der Waals surface area contributed by atoms with Crippen molar-refractivity contribution < 1.29 is 0 Å². The standard InChI is InChI=1S/C12H16N2/c13-11-7-9-3-1-5-14-6-2-4-10(8-11)12(9)14/h7-8H,1-6,13H2. The summed E-state index contributed by atoms with van der Waals surface area (Å²) in [6, 6.07) is 4.33. The van der Waals surface area contributed by atoms with Gasteiger partial charge in [0.05, 0.1) is 0 Å². The lowest BCUT2D eigenvalue weighted by atomic mass is 9.91. The zero-order chi connectivity index (χ0) is 9.54. The van der Waals surface area contributed by atoms with Gasteiger partial charge in [0.1, 0.15) is 0 Å². The maximum absolute atomic E-state index is 5.91. The molecule has 3 rings (SSSR count). The van der Waals surface area contributed by atoms with Gasteiger partial charge in [-0.2, -0.15) is 0 Å². The fourth-order valence-corrected chi connectivity index (χ4v) is 2.83. The van der Waals surface area contributed by atoms with E-state index in [4.69, 9.17) is 5.73 Å². The monoisotopic (exact) mass is 188 g/mol. The molecule has 0 fully saturated rings. The van der Waals surface area contributed by atoms with Crippen LogP contribution in [0, 0.1) is 0 Å². The Morgan fingerprint density at radius 2 is 1.57 bits per heavy atom. The molecule has 0 saturated carbocycles. The Morgan fingerprint density at radius 1 is 1.00 bits per heavy atom. The Kier molecular flexibility index (Phi) is 1.69. The normalized spacial score (nSPS) is 19.3. The zero-order valence-electron chi connectivity index (χ0n) is 8.42. The average molecular weight is 188 g/mol. The largest absolute Gasteiger partial charge is 0.399 e. The number of rotatable bonds is 0. The molecule has 0 saturated heterocycles. The summed E-state index contributed by atoms with van der Waals surface area (Å²) >= 11 is 0. The number of nitrogen functional groups attached to an aromatic ring is 1. The fourth-order valence-electron chi connectivity index (χ4n) is 2.83. The van der Waals surface area contributed by atoms with Gasteiger partial charge in [-0.05, 0) is 48.9 Å². The van der Waals surface area contributed by atoms with Crippen LogP contribution in [-0.2, 0) is 12.8 Å². The number of hydrogen-bond acceptors (Lipinski definition) is 2. The fraction of sp³-hybridized carbons (Fsp3) is 0.500. The molecule has 2 N–H and O–H groups in total. The predicted octanol–water partition coefficient (Wildman–Crippen LogP) is 1.97. The van der Waals surface area contributed by atoms with Gasteiger partial charge in [-0.3, -0.25) is 0 Å². The summed E-state index contributed by atoms with van der Waals surface area (Å²) in [7, 11) is 0. The van der Waals surface area contributed by atoms with Crippen molar-refractivity contribution in [2.45, 2.75) is 25.7 Å². The molecular formula is C12H16N2. The lowest BCUT2D eigenvalue weighted by Crippen LogP contribution is -2.34. The van der Waals surface area contributed by atoms with Crippen LogP contribution in [0.2, 0.25) is 0 Å². The Hall–Kier alpha value is -1.18. The minimum absolute atomic E-state index is 0.947. The minimum atomic E-state index is 0.947. The highest BCUT2D eigenvalue weighted by molar-refractivity contribution is 5.67. The number of anilines is 2. The Morgan fingerprint density at radius 3 is 2.14 bits per heavy atom. The third-order valence-electron chi connectivity index (χ3n) is 3.35. The van der Waals surface area contributed by atoms with Gasteiger partial charge in [-0.1, -0.05) is 0 Å². The molecular weight excluding hydrogens is 172 g/mol. The highest BCUT2D eigenvalue weighted by atomic mass is 15.1. The van der Waals surface area contributed by atoms with E-state index < -0.39 is 0 Å². The number of hydrogen-bond donors (Lipinski definition) is 1. The summed E-state index contributed by atoms with van der Waals surface area (Å²) in [5.41, 5.74) is 11.3. The topological polar surface area (TPSA) is 29.3 Å². The summed E-state index contributed by atoms with van der Waals surface area (Å²) in [5.74, 6) is 0. The molecule has 2 heterocycles. The van der Waals surface area contributed by atoms with Gasteiger partial charge in [0.15, 0.2) is 0 Å². The quantitative estimate of drug-likeness (QED) is 0.631. The van der Waals surface area contributed by atoms with Crippen molar-refractivity contribution in [2.24, 2.45) is 0 Å². The van der Waals surface area contributed by atoms with Crippen molar-refractivity contribution in [3.05, 3.63) is 23.3 Å². The molecule has 0 atom stereocenters. The summed E-state index contributed by atoms with van der Waals surface area (Å²) in [4.78, 5) is 2.54. The molecule has 0 radical (unpaired) electrons. The van der Waals surface area contributed by atoms with E-state index in [0.717, 1.165) is 5.69 Å². The molecule has 2 aliphatic heterocycles. The molecule has 1 aromatic rings. The van der Waals surface area contributed by atoms with E-state index in [2.05, 4.69) is 17.0 Å². The summed E-state index contributed by atoms with van der Waals surface area (Å²) in [6.07, 6.45) is 5.00. The van der Waals surface area contributed by atoms with E-state index in [1.54, 1.807) is 0 Å². The molecule has 1 aromatic carbocycles. The van der Waals surface area contributed by atoms with Crippen molar-refractivity contribution in [3.8, 4) is 0 Å². The second-order valence-electron chi connectivity index (χ2n) is 4.38. The van der Waals surface area contributed by atoms with Gasteiger partial charge in [0.2, 0.25) is 0 Å². The molecule has 0 aliphatic carbocycles. The van der Waals surface area contributed by atoms with E-state index in [1.807, 2.05) is 0 Å². The smallest absolute Gasteiger partial charge is 0.0432 e. The molecule has 0 amide bonds. The average Bonchev–Trinajstić information content (AvgIpc) is 2.18. The molecule has 0 bridgehead atoms. The van der Waals surface area contributed by atoms with Crippen LogP contribution in [-0.4, -0.2) is 13.1 Å². The van der Waals surface area contributed by atoms with Gasteiger partial charge in [-0.25, -0.2) is 0 Å². The Labute approximate surface area is 84.7 Å². The lowest BCUT2D eigenvalue weighted by molar-refractivity contribution is 0.634. The number of nitrogens with two attached hydrogens (primary N) is 1. The molecule has 14 heavy (non-hydrogen) atoms. The molecule has 74 valence electrons. The predicted molar refractivity (Wildman–Crippen MR) is 59.7 cm³/mol. The van der Waals surface area contributed by atoms with Crippen LogP contribution < -0.4 is 10.6 Å². The Bertz CT molecular complexity index is 340. The summed E-state index contributed by atoms with van der Waals surface area (Å²) in [5, 5.41) is 0. The molecule has 0 spiro atoms. The van der Waals surface area contributed by atoms with E-state index in [0.29, 0.717) is 0 Å². The summed E-state index contributed by atoms with van der Waals surface area (Å²) < 4.78 is 0. The first-order chi connectivity index (χ1) is 6.84. The Balaban J connectivity index is 2.20. The van der Waals surface area contributed by atoms with Crippen molar-refractivity contribution in [3.63, 3.8) is 0 Å². The third kappa shape index (κ3) is 1.10. The van der Waals surface area contributed by atoms with Crippen LogP contribution >= 0.6 is 0 Å². The van der Waals surface area contributed by atoms with Crippen LogP contribution in [0.1, 0.15) is 24.0 Å². The third-order valence-corrected chi connectivity index (χ3v) is 3.35. The number of aryl methyl sites for hydroxylation is 2. The van der Waals surface area contributed by atoms with Crippen LogP contribution in [0.3, 0.4) is 0 Å². The van der Waals surface area contributed by atoms with Gasteiger partial charge >= 0.3 is 0 Å². The lowest BCUT2D eigenvalue weighted by Gasteiger charge is -2.37. The molecule has 2 heteroatoms. The molecule has 0 aromatic heterocycles. The first-order valence-electron chi connectivity index (χ1n) is 5.51. The second-order valence-corrected chi connectivity index (χ2v) is 4.38. The molecule has 0 unspecified atom stereocenters. The SMILES string of the molecule is Nc1cc2c3c(c1)CCCN3CCC2. The van der Waals surface area contributed by atoms with Crippen LogP contribution in [0.4, 0.5) is 11.4 Å². The van der Waals surface area contributed by atoms with Gasteiger partial charge in [-0.15, -0.1) is 0 Å². The highest BCUT2D eigenvalue weighted by Crippen LogP contribution is 2.36. The minimum Gasteiger partial charge on any atom is -0.399 e.